The molecule has 8 nitrogen and oxygen atoms in total. The first-order chi connectivity index (χ1) is 26.5. The predicted octanol–water partition coefficient (Wildman–Crippen LogP) is 14.0. The van der Waals surface area contributed by atoms with Crippen LogP contribution in [0.25, 0.3) is 0 Å². The number of rotatable bonds is 23. The molecule has 58 heavy (non-hydrogen) atoms. The summed E-state index contributed by atoms with van der Waals surface area (Å²) in [7, 11) is 0. The second-order valence-corrected chi connectivity index (χ2v) is 19.5. The molecule has 1 aliphatic carbocycles. The lowest BCUT2D eigenvalue weighted by molar-refractivity contribution is -0.155. The zero-order chi connectivity index (χ0) is 46.3. The van der Waals surface area contributed by atoms with Crippen molar-refractivity contribution >= 4 is 5.97 Å². The van der Waals surface area contributed by atoms with Crippen molar-refractivity contribution in [3.8, 4) is 0 Å². The summed E-state index contributed by atoms with van der Waals surface area (Å²) in [5, 5.41) is 0. The molecule has 1 aliphatic rings. The topological polar surface area (TPSA) is 81.7 Å². The number of hydrogen-bond donors (Lipinski definition) is 0. The summed E-state index contributed by atoms with van der Waals surface area (Å²) in [6, 6.07) is 0. The Balaban J connectivity index is -0.000000196. The third-order valence-electron chi connectivity index (χ3n) is 7.06. The fourth-order valence-corrected chi connectivity index (χ4v) is 3.72. The molecule has 0 aliphatic heterocycles. The minimum Gasteiger partial charge on any atom is -0.460 e. The number of esters is 1. The highest BCUT2D eigenvalue weighted by Gasteiger charge is 2.21. The van der Waals surface area contributed by atoms with Crippen molar-refractivity contribution in [2.45, 2.75) is 259 Å². The van der Waals surface area contributed by atoms with Crippen LogP contribution >= 0.6 is 0 Å². The van der Waals surface area contributed by atoms with E-state index in [1.54, 1.807) is 6.92 Å². The lowest BCUT2D eigenvalue weighted by Crippen LogP contribution is -2.23. The maximum absolute atomic E-state index is 12.2. The highest BCUT2D eigenvalue weighted by Crippen LogP contribution is 2.29. The SMILES string of the molecule is CC(C)CCOC(C)C.CC(C)OCC1CC1.CC(C)OCCC(C)(C)C.CC(C)OCCCC(=O)OC(C)(C)C.CC(F)CCCOC(C)C.CCCOC(C)C. The highest BCUT2D eigenvalue weighted by atomic mass is 19.1. The molecule has 0 spiro atoms. The van der Waals surface area contributed by atoms with Gasteiger partial charge in [-0.05, 0) is 179 Å². The standard InChI is InChI=1S/C11H22O3.C9H20O.C8H17FO.C8H18O.C7H14O.C6H14O/c1-9(2)13-8-6-7-10(12)14-11(3,4)5;1-8(2)10-7-6-9(3,4)5;1-7(2)10-6-4-5-8(3)9;1-7(2)5-6-9-8(3)4;1-6(2)8-5-7-3-4-7;1-4-5-7-6(2)3/h9H,6-8H2,1-5H3;8H,6-7H2,1-5H3;7-8H,4-6H2,1-3H3;7-8H,5-6H2,1-4H3;6-7H,3-5H2,1-2H3;6H,4-5H2,1-3H3. The maximum atomic E-state index is 12.2. The molecule has 1 rings (SSSR count). The van der Waals surface area contributed by atoms with Gasteiger partial charge in [0.05, 0.1) is 42.8 Å². The van der Waals surface area contributed by atoms with Gasteiger partial charge in [-0.1, -0.05) is 41.5 Å². The summed E-state index contributed by atoms with van der Waals surface area (Å²) in [6.07, 6.45) is 10.3. The number of carbonyl (C=O) groups excluding carboxylic acids is 1. The van der Waals surface area contributed by atoms with E-state index in [4.69, 9.17) is 33.2 Å². The molecule has 1 saturated carbocycles. The van der Waals surface area contributed by atoms with Crippen molar-refractivity contribution in [3.63, 3.8) is 0 Å². The summed E-state index contributed by atoms with van der Waals surface area (Å²) < 4.78 is 49.2. The van der Waals surface area contributed by atoms with Crippen LogP contribution in [0.3, 0.4) is 0 Å². The summed E-state index contributed by atoms with van der Waals surface area (Å²) >= 11 is 0. The van der Waals surface area contributed by atoms with Crippen LogP contribution in [-0.2, 0) is 38.0 Å². The van der Waals surface area contributed by atoms with Crippen molar-refractivity contribution in [2.24, 2.45) is 17.3 Å². The van der Waals surface area contributed by atoms with Crippen LogP contribution in [-0.4, -0.2) is 94.0 Å². The van der Waals surface area contributed by atoms with Crippen molar-refractivity contribution in [3.05, 3.63) is 0 Å². The normalized spacial score (nSPS) is 13.2. The molecule has 0 saturated heterocycles. The monoisotopic (exact) mass is 841 g/mol. The number of halogens is 1. The van der Waals surface area contributed by atoms with E-state index in [1.165, 1.54) is 19.3 Å². The van der Waals surface area contributed by atoms with E-state index in [2.05, 4.69) is 96.9 Å². The van der Waals surface area contributed by atoms with Gasteiger partial charge >= 0.3 is 5.97 Å². The molecule has 0 radical (unpaired) electrons. The first kappa shape index (κ1) is 66.3. The molecule has 9 heteroatoms. The molecule has 0 heterocycles. The number of carbonyl (C=O) groups is 1. The quantitative estimate of drug-likeness (QED) is 0.0743. The molecule has 1 fully saturated rings. The summed E-state index contributed by atoms with van der Waals surface area (Å²) in [5.74, 6) is 1.53. The first-order valence-electron chi connectivity index (χ1n) is 23.1. The largest absolute Gasteiger partial charge is 0.460 e. The second kappa shape index (κ2) is 42.8. The Bertz CT molecular complexity index is 790. The highest BCUT2D eigenvalue weighted by molar-refractivity contribution is 5.69. The fourth-order valence-electron chi connectivity index (χ4n) is 3.72. The minimum absolute atomic E-state index is 0.148. The molecule has 1 unspecified atom stereocenters. The van der Waals surface area contributed by atoms with Gasteiger partial charge in [0.2, 0.25) is 0 Å². The van der Waals surface area contributed by atoms with Gasteiger partial charge in [0.1, 0.15) is 5.60 Å². The third kappa shape index (κ3) is 86.9. The van der Waals surface area contributed by atoms with Gasteiger partial charge in [-0.2, -0.15) is 0 Å². The molecule has 0 aromatic carbocycles. The lowest BCUT2D eigenvalue weighted by Gasteiger charge is -2.19. The van der Waals surface area contributed by atoms with E-state index >= 15 is 0 Å². The van der Waals surface area contributed by atoms with Crippen LogP contribution in [0.1, 0.15) is 210 Å². The minimum atomic E-state index is -0.684. The van der Waals surface area contributed by atoms with Gasteiger partial charge in [-0.3, -0.25) is 4.79 Å². The summed E-state index contributed by atoms with van der Waals surface area (Å²) in [5.41, 5.74) is 0.0326. The maximum Gasteiger partial charge on any atom is 0.306 e. The molecule has 0 aromatic rings. The van der Waals surface area contributed by atoms with Gasteiger partial charge < -0.3 is 33.2 Å². The Kier molecular flexibility index (Phi) is 48.9. The van der Waals surface area contributed by atoms with Crippen LogP contribution in [0.15, 0.2) is 0 Å². The van der Waals surface area contributed by atoms with Crippen LogP contribution in [0, 0.1) is 17.3 Å². The molecular formula is C49H105FO8. The zero-order valence-electron chi connectivity index (χ0n) is 42.9. The van der Waals surface area contributed by atoms with E-state index in [0.717, 1.165) is 63.9 Å². The summed E-state index contributed by atoms with van der Waals surface area (Å²) in [6.45, 7) is 49.9. The molecule has 0 amide bonds. The Hall–Kier alpha value is -0.840. The molecular weight excluding hydrogens is 736 g/mol. The number of hydrogen-bond acceptors (Lipinski definition) is 8. The summed E-state index contributed by atoms with van der Waals surface area (Å²) in [4.78, 5) is 11.2. The fraction of sp³-hybridized carbons (Fsp3) is 0.980. The average Bonchev–Trinajstić information content (AvgIpc) is 3.87. The van der Waals surface area contributed by atoms with Crippen LogP contribution in [0.2, 0.25) is 0 Å². The Morgan fingerprint density at radius 3 is 1.28 bits per heavy atom. The van der Waals surface area contributed by atoms with Crippen LogP contribution in [0.5, 0.6) is 0 Å². The van der Waals surface area contributed by atoms with Crippen molar-refractivity contribution in [2.75, 3.05) is 39.6 Å². The second-order valence-electron chi connectivity index (χ2n) is 19.5. The van der Waals surface area contributed by atoms with Gasteiger partial charge in [0.15, 0.2) is 0 Å². The van der Waals surface area contributed by atoms with E-state index in [1.807, 2.05) is 48.5 Å². The van der Waals surface area contributed by atoms with Crippen molar-refractivity contribution in [1.29, 1.82) is 0 Å². The molecule has 0 bridgehead atoms. The van der Waals surface area contributed by atoms with Gasteiger partial charge in [0.25, 0.3) is 0 Å². The zero-order valence-corrected chi connectivity index (χ0v) is 42.9. The van der Waals surface area contributed by atoms with E-state index in [-0.39, 0.29) is 23.8 Å². The van der Waals surface area contributed by atoms with E-state index in [0.29, 0.717) is 55.9 Å². The number of ether oxygens (including phenoxy) is 7. The Morgan fingerprint density at radius 2 is 0.948 bits per heavy atom. The molecule has 0 aromatic heterocycles. The Labute approximate surface area is 362 Å². The molecule has 1 atom stereocenters. The number of alkyl halides is 1. The van der Waals surface area contributed by atoms with Gasteiger partial charge in [-0.15, -0.1) is 0 Å². The van der Waals surface area contributed by atoms with Crippen LogP contribution in [0.4, 0.5) is 4.39 Å². The smallest absolute Gasteiger partial charge is 0.306 e. The third-order valence-corrected chi connectivity index (χ3v) is 7.06. The Morgan fingerprint density at radius 1 is 0.552 bits per heavy atom. The van der Waals surface area contributed by atoms with Gasteiger partial charge in [0, 0.05) is 46.1 Å². The lowest BCUT2D eigenvalue weighted by atomic mass is 9.93. The molecule has 356 valence electrons. The van der Waals surface area contributed by atoms with Crippen molar-refractivity contribution in [1.82, 2.24) is 0 Å². The van der Waals surface area contributed by atoms with E-state index in [9.17, 15) is 9.18 Å². The van der Waals surface area contributed by atoms with Crippen LogP contribution < -0.4 is 0 Å². The van der Waals surface area contributed by atoms with Gasteiger partial charge in [-0.25, -0.2) is 4.39 Å². The average molecular weight is 841 g/mol. The predicted molar refractivity (Wildman–Crippen MR) is 248 cm³/mol. The van der Waals surface area contributed by atoms with Crippen molar-refractivity contribution < 1.29 is 42.3 Å². The molecule has 0 N–H and O–H groups in total. The first-order valence-corrected chi connectivity index (χ1v) is 23.1. The van der Waals surface area contributed by atoms with E-state index < -0.39 is 6.17 Å².